The van der Waals surface area contributed by atoms with Crippen molar-refractivity contribution in [3.8, 4) is 11.1 Å². The second-order valence-electron chi connectivity index (χ2n) is 3.54. The highest BCUT2D eigenvalue weighted by molar-refractivity contribution is 7.17. The summed E-state index contributed by atoms with van der Waals surface area (Å²) in [5.41, 5.74) is 2.58. The van der Waals surface area contributed by atoms with Gasteiger partial charge in [0, 0.05) is 4.70 Å². The van der Waals surface area contributed by atoms with Crippen molar-refractivity contribution >= 4 is 21.4 Å². The molecule has 0 radical (unpaired) electrons. The van der Waals surface area contributed by atoms with E-state index in [-0.39, 0.29) is 0 Å². The SMILES string of the molecule is c1ccc(-c2ccc3ccsc3c2)cc1. The van der Waals surface area contributed by atoms with Gasteiger partial charge in [0.1, 0.15) is 0 Å². The highest BCUT2D eigenvalue weighted by Gasteiger charge is 1.99. The molecule has 0 amide bonds. The van der Waals surface area contributed by atoms with Gasteiger partial charge in [0.25, 0.3) is 0 Å². The Bertz CT molecular complexity index is 578. The predicted molar refractivity (Wildman–Crippen MR) is 67.3 cm³/mol. The third-order valence-electron chi connectivity index (χ3n) is 2.56. The molecule has 2 aromatic carbocycles. The lowest BCUT2D eigenvalue weighted by atomic mass is 10.1. The number of hydrogen-bond acceptors (Lipinski definition) is 1. The van der Waals surface area contributed by atoms with Crippen LogP contribution in [0, 0.1) is 0 Å². The molecular weight excluding hydrogens is 200 g/mol. The summed E-state index contributed by atoms with van der Waals surface area (Å²) >= 11 is 1.80. The summed E-state index contributed by atoms with van der Waals surface area (Å²) < 4.78 is 1.36. The Labute approximate surface area is 92.8 Å². The minimum Gasteiger partial charge on any atom is -0.144 e. The zero-order chi connectivity index (χ0) is 10.1. The second-order valence-corrected chi connectivity index (χ2v) is 4.49. The van der Waals surface area contributed by atoms with E-state index in [2.05, 4.69) is 53.9 Å². The molecule has 72 valence electrons. The van der Waals surface area contributed by atoms with E-state index in [1.807, 2.05) is 6.07 Å². The van der Waals surface area contributed by atoms with E-state index >= 15 is 0 Å². The highest BCUT2D eigenvalue weighted by Crippen LogP contribution is 2.27. The van der Waals surface area contributed by atoms with Crippen molar-refractivity contribution in [2.24, 2.45) is 0 Å². The number of thiophene rings is 1. The predicted octanol–water partition coefficient (Wildman–Crippen LogP) is 4.57. The standard InChI is InChI=1S/C14H10S/c1-2-4-11(5-3-1)13-7-6-12-8-9-15-14(12)10-13/h1-10H. The highest BCUT2D eigenvalue weighted by atomic mass is 32.1. The molecule has 0 bridgehead atoms. The van der Waals surface area contributed by atoms with Gasteiger partial charge >= 0.3 is 0 Å². The van der Waals surface area contributed by atoms with E-state index in [1.165, 1.54) is 21.2 Å². The second kappa shape index (κ2) is 3.52. The maximum Gasteiger partial charge on any atom is 0.0348 e. The Morgan fingerprint density at radius 2 is 1.60 bits per heavy atom. The molecule has 0 unspecified atom stereocenters. The lowest BCUT2D eigenvalue weighted by Gasteiger charge is -2.00. The number of hydrogen-bond donors (Lipinski definition) is 0. The van der Waals surface area contributed by atoms with E-state index in [0.717, 1.165) is 0 Å². The summed E-state index contributed by atoms with van der Waals surface area (Å²) in [5.74, 6) is 0. The maximum absolute atomic E-state index is 2.26. The van der Waals surface area contributed by atoms with Crippen LogP contribution in [0.5, 0.6) is 0 Å². The third-order valence-corrected chi connectivity index (χ3v) is 3.44. The molecular formula is C14H10S. The first-order chi connectivity index (χ1) is 7.43. The van der Waals surface area contributed by atoms with E-state index < -0.39 is 0 Å². The van der Waals surface area contributed by atoms with Gasteiger partial charge in [-0.25, -0.2) is 0 Å². The van der Waals surface area contributed by atoms with Crippen molar-refractivity contribution < 1.29 is 0 Å². The van der Waals surface area contributed by atoms with Gasteiger partial charge in [-0.3, -0.25) is 0 Å². The summed E-state index contributed by atoms with van der Waals surface area (Å²) in [7, 11) is 0. The normalized spacial score (nSPS) is 10.7. The van der Waals surface area contributed by atoms with E-state index in [1.54, 1.807) is 11.3 Å². The number of fused-ring (bicyclic) bond motifs is 1. The third kappa shape index (κ3) is 1.55. The number of benzene rings is 2. The minimum atomic E-state index is 1.28. The fourth-order valence-corrected chi connectivity index (χ4v) is 2.59. The van der Waals surface area contributed by atoms with Crippen molar-refractivity contribution in [2.45, 2.75) is 0 Å². The first-order valence-electron chi connectivity index (χ1n) is 4.96. The van der Waals surface area contributed by atoms with Gasteiger partial charge in [-0.2, -0.15) is 0 Å². The molecule has 0 aliphatic carbocycles. The van der Waals surface area contributed by atoms with Crippen LogP contribution in [0.25, 0.3) is 21.2 Å². The topological polar surface area (TPSA) is 0 Å². The van der Waals surface area contributed by atoms with Crippen LogP contribution in [0.4, 0.5) is 0 Å². The molecule has 0 nitrogen and oxygen atoms in total. The summed E-state index contributed by atoms with van der Waals surface area (Å²) in [6.07, 6.45) is 0. The van der Waals surface area contributed by atoms with Gasteiger partial charge in [-0.1, -0.05) is 42.5 Å². The smallest absolute Gasteiger partial charge is 0.0348 e. The quantitative estimate of drug-likeness (QED) is 0.552. The molecule has 1 heterocycles. The monoisotopic (exact) mass is 210 g/mol. The van der Waals surface area contributed by atoms with Gasteiger partial charge in [0.15, 0.2) is 0 Å². The van der Waals surface area contributed by atoms with Crippen molar-refractivity contribution in [1.29, 1.82) is 0 Å². The summed E-state index contributed by atoms with van der Waals surface area (Å²) in [4.78, 5) is 0. The average Bonchev–Trinajstić information content (AvgIpc) is 2.77. The summed E-state index contributed by atoms with van der Waals surface area (Å²) in [6.45, 7) is 0. The molecule has 0 fully saturated rings. The molecule has 15 heavy (non-hydrogen) atoms. The Hall–Kier alpha value is -1.60. The van der Waals surface area contributed by atoms with Crippen molar-refractivity contribution in [1.82, 2.24) is 0 Å². The van der Waals surface area contributed by atoms with E-state index in [9.17, 15) is 0 Å². The molecule has 0 spiro atoms. The Morgan fingerprint density at radius 1 is 0.733 bits per heavy atom. The fraction of sp³-hybridized carbons (Fsp3) is 0. The van der Waals surface area contributed by atoms with Gasteiger partial charge in [0.05, 0.1) is 0 Å². The van der Waals surface area contributed by atoms with Crippen LogP contribution in [0.3, 0.4) is 0 Å². The first kappa shape index (κ1) is 8.69. The van der Waals surface area contributed by atoms with Gasteiger partial charge in [-0.15, -0.1) is 11.3 Å². The summed E-state index contributed by atoms with van der Waals surface area (Å²) in [6, 6.07) is 19.3. The molecule has 0 atom stereocenters. The molecule has 1 aromatic heterocycles. The van der Waals surface area contributed by atoms with Crippen LogP contribution in [0.15, 0.2) is 60.0 Å². The van der Waals surface area contributed by atoms with Crippen LogP contribution in [0.1, 0.15) is 0 Å². The number of rotatable bonds is 1. The average molecular weight is 210 g/mol. The van der Waals surface area contributed by atoms with Crippen molar-refractivity contribution in [2.75, 3.05) is 0 Å². The molecule has 0 aliphatic rings. The molecule has 1 heteroatoms. The molecule has 3 rings (SSSR count). The zero-order valence-corrected chi connectivity index (χ0v) is 9.00. The van der Waals surface area contributed by atoms with Crippen LogP contribution < -0.4 is 0 Å². The van der Waals surface area contributed by atoms with Crippen molar-refractivity contribution in [3.05, 3.63) is 60.0 Å². The van der Waals surface area contributed by atoms with E-state index in [4.69, 9.17) is 0 Å². The van der Waals surface area contributed by atoms with Crippen LogP contribution >= 0.6 is 11.3 Å². The lowest BCUT2D eigenvalue weighted by molar-refractivity contribution is 1.66. The van der Waals surface area contributed by atoms with Crippen molar-refractivity contribution in [3.63, 3.8) is 0 Å². The fourth-order valence-electron chi connectivity index (χ4n) is 1.76. The largest absolute Gasteiger partial charge is 0.144 e. The zero-order valence-electron chi connectivity index (χ0n) is 8.18. The van der Waals surface area contributed by atoms with Crippen LogP contribution in [-0.4, -0.2) is 0 Å². The molecule has 0 saturated carbocycles. The van der Waals surface area contributed by atoms with Gasteiger partial charge in [0.2, 0.25) is 0 Å². The Morgan fingerprint density at radius 3 is 2.47 bits per heavy atom. The van der Waals surface area contributed by atoms with Crippen LogP contribution in [-0.2, 0) is 0 Å². The van der Waals surface area contributed by atoms with Gasteiger partial charge < -0.3 is 0 Å². The first-order valence-corrected chi connectivity index (χ1v) is 5.84. The Balaban J connectivity index is 2.19. The minimum absolute atomic E-state index is 1.28. The lowest BCUT2D eigenvalue weighted by Crippen LogP contribution is -1.75. The molecule has 0 aliphatic heterocycles. The molecule has 0 saturated heterocycles. The molecule has 3 aromatic rings. The summed E-state index contributed by atoms with van der Waals surface area (Å²) in [5, 5.41) is 3.47. The van der Waals surface area contributed by atoms with E-state index in [0.29, 0.717) is 0 Å². The maximum atomic E-state index is 2.26. The van der Waals surface area contributed by atoms with Crippen LogP contribution in [0.2, 0.25) is 0 Å². The molecule has 0 N–H and O–H groups in total. The van der Waals surface area contributed by atoms with Gasteiger partial charge in [-0.05, 0) is 34.0 Å². The Kier molecular flexibility index (Phi) is 2.04.